The zero-order valence-electron chi connectivity index (χ0n) is 16.0. The van der Waals surface area contributed by atoms with Crippen LogP contribution in [-0.2, 0) is 9.84 Å². The minimum absolute atomic E-state index is 0.0718. The van der Waals surface area contributed by atoms with E-state index in [0.29, 0.717) is 12.4 Å². The molecule has 6 nitrogen and oxygen atoms in total. The number of aryl methyl sites for hydroxylation is 4. The highest BCUT2D eigenvalue weighted by molar-refractivity contribution is 7.91. The summed E-state index contributed by atoms with van der Waals surface area (Å²) < 4.78 is 23.5. The van der Waals surface area contributed by atoms with Gasteiger partial charge in [0.2, 0.25) is 5.95 Å². The fraction of sp³-hybridized carbons (Fsp3) is 0.474. The fourth-order valence-corrected chi connectivity index (χ4v) is 5.30. The van der Waals surface area contributed by atoms with Gasteiger partial charge in [-0.3, -0.25) is 0 Å². The van der Waals surface area contributed by atoms with Crippen molar-refractivity contribution in [2.24, 2.45) is 0 Å². The van der Waals surface area contributed by atoms with Crippen molar-refractivity contribution >= 4 is 27.3 Å². The average molecular weight is 375 g/mol. The third-order valence-corrected chi connectivity index (χ3v) is 6.59. The Hall–Kier alpha value is -2.15. The van der Waals surface area contributed by atoms with Gasteiger partial charge in [0.1, 0.15) is 5.82 Å². The molecule has 1 N–H and O–H groups in total. The van der Waals surface area contributed by atoms with Crippen LogP contribution in [-0.4, -0.2) is 43.0 Å². The highest BCUT2D eigenvalue weighted by Crippen LogP contribution is 2.27. The summed E-state index contributed by atoms with van der Waals surface area (Å²) in [6, 6.07) is 6.11. The Morgan fingerprint density at radius 3 is 2.31 bits per heavy atom. The number of hydrogen-bond acceptors (Lipinski definition) is 6. The first-order chi connectivity index (χ1) is 12.1. The Morgan fingerprint density at radius 1 is 1.08 bits per heavy atom. The number of rotatable bonds is 4. The van der Waals surface area contributed by atoms with Gasteiger partial charge in [-0.25, -0.2) is 13.4 Å². The smallest absolute Gasteiger partial charge is 0.227 e. The van der Waals surface area contributed by atoms with E-state index in [1.165, 1.54) is 5.56 Å². The Labute approximate surface area is 155 Å². The Bertz CT molecular complexity index is 918. The fourth-order valence-electron chi connectivity index (χ4n) is 3.52. The second-order valence-corrected chi connectivity index (χ2v) is 9.49. The van der Waals surface area contributed by atoms with Gasteiger partial charge in [0.15, 0.2) is 9.84 Å². The van der Waals surface area contributed by atoms with Crippen molar-refractivity contribution < 1.29 is 8.42 Å². The Kier molecular flexibility index (Phi) is 4.92. The third-order valence-electron chi connectivity index (χ3n) is 4.84. The van der Waals surface area contributed by atoms with Gasteiger partial charge in [-0.2, -0.15) is 4.98 Å². The Balaban J connectivity index is 1.89. The van der Waals surface area contributed by atoms with Gasteiger partial charge in [0.05, 0.1) is 11.5 Å². The van der Waals surface area contributed by atoms with Gasteiger partial charge < -0.3 is 10.2 Å². The molecule has 140 valence electrons. The molecule has 1 atom stereocenters. The van der Waals surface area contributed by atoms with E-state index >= 15 is 0 Å². The predicted molar refractivity (Wildman–Crippen MR) is 106 cm³/mol. The number of anilines is 3. The molecule has 1 aliphatic heterocycles. The highest BCUT2D eigenvalue weighted by atomic mass is 32.2. The lowest BCUT2D eigenvalue weighted by Gasteiger charge is -2.24. The average Bonchev–Trinajstić information content (AvgIpc) is 2.89. The molecule has 1 unspecified atom stereocenters. The van der Waals surface area contributed by atoms with Gasteiger partial charge in [0.25, 0.3) is 0 Å². The van der Waals surface area contributed by atoms with E-state index in [9.17, 15) is 8.42 Å². The maximum absolute atomic E-state index is 11.8. The molecule has 0 bridgehead atoms. The van der Waals surface area contributed by atoms with E-state index in [1.807, 2.05) is 24.9 Å². The largest absolute Gasteiger partial charge is 0.340 e. The molecule has 1 fully saturated rings. The molecule has 3 rings (SSSR count). The van der Waals surface area contributed by atoms with Crippen molar-refractivity contribution in [2.75, 3.05) is 28.8 Å². The zero-order valence-corrected chi connectivity index (χ0v) is 16.8. The predicted octanol–water partition coefficient (Wildman–Crippen LogP) is 3.08. The zero-order chi connectivity index (χ0) is 19.1. The number of hydrogen-bond donors (Lipinski definition) is 1. The van der Waals surface area contributed by atoms with Crippen LogP contribution in [0.4, 0.5) is 17.5 Å². The molecule has 1 aliphatic rings. The summed E-state index contributed by atoms with van der Waals surface area (Å²) in [6.45, 7) is 8.16. The van der Waals surface area contributed by atoms with E-state index in [-0.39, 0.29) is 17.5 Å². The van der Waals surface area contributed by atoms with Crippen LogP contribution in [0.25, 0.3) is 0 Å². The first kappa shape index (κ1) is 18.6. The molecule has 7 heteroatoms. The number of nitrogens with one attached hydrogen (secondary N) is 1. The van der Waals surface area contributed by atoms with Gasteiger partial charge >= 0.3 is 0 Å². The van der Waals surface area contributed by atoms with Crippen LogP contribution >= 0.6 is 0 Å². The number of benzene rings is 1. The minimum atomic E-state index is -2.95. The molecule has 0 radical (unpaired) electrons. The van der Waals surface area contributed by atoms with Crippen molar-refractivity contribution in [1.82, 2.24) is 9.97 Å². The third kappa shape index (κ3) is 3.98. The quantitative estimate of drug-likeness (QED) is 0.886. The molecule has 1 saturated heterocycles. The van der Waals surface area contributed by atoms with Crippen molar-refractivity contribution in [3.05, 3.63) is 40.6 Å². The summed E-state index contributed by atoms with van der Waals surface area (Å²) in [6.07, 6.45) is 0.620. The normalized spacial score (nSPS) is 18.7. The minimum Gasteiger partial charge on any atom is -0.340 e. The maximum Gasteiger partial charge on any atom is 0.227 e. The summed E-state index contributed by atoms with van der Waals surface area (Å²) in [7, 11) is -1.08. The van der Waals surface area contributed by atoms with Gasteiger partial charge in [-0.1, -0.05) is 17.7 Å². The maximum atomic E-state index is 11.8. The van der Waals surface area contributed by atoms with Crippen molar-refractivity contribution in [2.45, 2.75) is 40.2 Å². The molecule has 0 amide bonds. The molecular formula is C19H26N4O2S. The number of sulfone groups is 1. The summed E-state index contributed by atoms with van der Waals surface area (Å²) in [5, 5.41) is 3.41. The van der Waals surface area contributed by atoms with Crippen molar-refractivity contribution in [1.29, 1.82) is 0 Å². The van der Waals surface area contributed by atoms with Crippen LogP contribution in [0.15, 0.2) is 18.2 Å². The first-order valence-electron chi connectivity index (χ1n) is 8.78. The molecule has 0 aliphatic carbocycles. The lowest BCUT2D eigenvalue weighted by molar-refractivity contribution is 0.600. The molecule has 2 aromatic rings. The van der Waals surface area contributed by atoms with Crippen LogP contribution in [0.1, 0.15) is 28.8 Å². The van der Waals surface area contributed by atoms with Crippen LogP contribution in [0, 0.1) is 27.7 Å². The number of nitrogens with zero attached hydrogens (tertiary/aromatic N) is 3. The summed E-state index contributed by atoms with van der Waals surface area (Å²) in [5.41, 5.74) is 5.44. The molecule has 0 saturated carbocycles. The monoisotopic (exact) mass is 374 g/mol. The standard InChI is InChI=1S/C19H26N4O2S/c1-12-8-13(2)18(14(3)9-12)21-17-10-15(4)20-19(22-17)23(5)16-6-7-26(24,25)11-16/h8-10,16H,6-7,11H2,1-5H3,(H,20,21,22). The highest BCUT2D eigenvalue weighted by Gasteiger charge is 2.31. The topological polar surface area (TPSA) is 75.2 Å². The molecular weight excluding hydrogens is 348 g/mol. The SMILES string of the molecule is Cc1cc(C)c(Nc2cc(C)nc(N(C)C3CCS(=O)(=O)C3)n2)c(C)c1. The number of aromatic nitrogens is 2. The van der Waals surface area contributed by atoms with E-state index in [2.05, 4.69) is 48.2 Å². The van der Waals surface area contributed by atoms with Crippen LogP contribution in [0.3, 0.4) is 0 Å². The molecule has 2 heterocycles. The molecule has 1 aromatic carbocycles. The summed E-state index contributed by atoms with van der Waals surface area (Å²) in [5.74, 6) is 1.67. The van der Waals surface area contributed by atoms with E-state index < -0.39 is 9.84 Å². The first-order valence-corrected chi connectivity index (χ1v) is 10.6. The van der Waals surface area contributed by atoms with Gasteiger partial charge in [-0.05, 0) is 45.2 Å². The summed E-state index contributed by atoms with van der Waals surface area (Å²) >= 11 is 0. The molecule has 0 spiro atoms. The van der Waals surface area contributed by atoms with Crippen LogP contribution in [0.5, 0.6) is 0 Å². The van der Waals surface area contributed by atoms with Crippen LogP contribution in [0.2, 0.25) is 0 Å². The second-order valence-electron chi connectivity index (χ2n) is 7.26. The van der Waals surface area contributed by atoms with Gasteiger partial charge in [-0.15, -0.1) is 0 Å². The van der Waals surface area contributed by atoms with E-state index in [0.717, 1.165) is 28.3 Å². The van der Waals surface area contributed by atoms with Crippen molar-refractivity contribution in [3.8, 4) is 0 Å². The lowest BCUT2D eigenvalue weighted by Crippen LogP contribution is -2.34. The molecule has 1 aromatic heterocycles. The lowest BCUT2D eigenvalue weighted by atomic mass is 10.1. The van der Waals surface area contributed by atoms with E-state index in [1.54, 1.807) is 0 Å². The Morgan fingerprint density at radius 2 is 1.73 bits per heavy atom. The van der Waals surface area contributed by atoms with Gasteiger partial charge in [0, 0.05) is 30.5 Å². The molecule has 26 heavy (non-hydrogen) atoms. The summed E-state index contributed by atoms with van der Waals surface area (Å²) in [4.78, 5) is 11.0. The second kappa shape index (κ2) is 6.87. The van der Waals surface area contributed by atoms with E-state index in [4.69, 9.17) is 0 Å². The van der Waals surface area contributed by atoms with Crippen LogP contribution < -0.4 is 10.2 Å². The van der Waals surface area contributed by atoms with Crippen molar-refractivity contribution in [3.63, 3.8) is 0 Å².